The Labute approximate surface area is 94.3 Å². The average Bonchev–Trinajstić information content (AvgIpc) is 2.70. The third-order valence-corrected chi connectivity index (χ3v) is 2.25. The van der Waals surface area contributed by atoms with Crippen LogP contribution in [0.5, 0.6) is 0 Å². The molecular weight excluding hydrogens is 210 g/mol. The fraction of sp³-hybridized carbons (Fsp3) is 0.600. The normalized spacial score (nSPS) is 12.4. The Bertz CT molecular complexity index is 338. The van der Waals surface area contributed by atoms with Gasteiger partial charge in [0, 0.05) is 26.5 Å². The molecule has 0 aromatic carbocycles. The van der Waals surface area contributed by atoms with E-state index in [1.54, 1.807) is 21.1 Å². The van der Waals surface area contributed by atoms with Crippen LogP contribution in [-0.2, 0) is 9.47 Å². The van der Waals surface area contributed by atoms with Gasteiger partial charge in [-0.15, -0.1) is 0 Å². The van der Waals surface area contributed by atoms with Crippen molar-refractivity contribution in [1.29, 1.82) is 0 Å². The van der Waals surface area contributed by atoms with Crippen molar-refractivity contribution in [2.45, 2.75) is 13.0 Å². The molecule has 16 heavy (non-hydrogen) atoms. The molecule has 1 aromatic heterocycles. The van der Waals surface area contributed by atoms with E-state index in [4.69, 9.17) is 9.47 Å². The van der Waals surface area contributed by atoms with Gasteiger partial charge in [-0.1, -0.05) is 0 Å². The number of carbonyl (C=O) groups excluding carboxylic acids is 1. The predicted octanol–water partition coefficient (Wildman–Crippen LogP) is 0.109. The van der Waals surface area contributed by atoms with E-state index in [9.17, 15) is 4.79 Å². The van der Waals surface area contributed by atoms with Gasteiger partial charge < -0.3 is 14.8 Å². The fourth-order valence-corrected chi connectivity index (χ4v) is 1.28. The molecule has 0 saturated heterocycles. The maximum Gasteiger partial charge on any atom is 0.254 e. The Kier molecular flexibility index (Phi) is 4.94. The van der Waals surface area contributed by atoms with Crippen LogP contribution in [0.1, 0.15) is 16.1 Å². The second-order valence-corrected chi connectivity index (χ2v) is 3.43. The molecular formula is C10H17N3O3. The summed E-state index contributed by atoms with van der Waals surface area (Å²) in [4.78, 5) is 11.7. The monoisotopic (exact) mass is 227 g/mol. The van der Waals surface area contributed by atoms with E-state index < -0.39 is 0 Å². The topological polar surface area (TPSA) is 76.2 Å². The summed E-state index contributed by atoms with van der Waals surface area (Å²) in [7, 11) is 3.17. The number of H-pyrrole nitrogens is 1. The van der Waals surface area contributed by atoms with Gasteiger partial charge in [0.1, 0.15) is 0 Å². The molecule has 6 heteroatoms. The standard InChI is InChI=1S/C10H17N3O3/c1-7-9(5-12-13-7)10(14)11-4-8(16-3)6-15-2/h5,8H,4,6H2,1-3H3,(H,11,14)(H,12,13). The molecule has 0 spiro atoms. The highest BCUT2D eigenvalue weighted by atomic mass is 16.5. The first-order valence-electron chi connectivity index (χ1n) is 4.99. The highest BCUT2D eigenvalue weighted by Crippen LogP contribution is 2.01. The molecule has 0 radical (unpaired) electrons. The fourth-order valence-electron chi connectivity index (χ4n) is 1.28. The van der Waals surface area contributed by atoms with Crippen LogP contribution in [0.4, 0.5) is 0 Å². The number of aryl methyl sites for hydroxylation is 1. The average molecular weight is 227 g/mol. The number of hydrogen-bond acceptors (Lipinski definition) is 4. The van der Waals surface area contributed by atoms with Crippen LogP contribution in [0.15, 0.2) is 6.20 Å². The maximum atomic E-state index is 11.7. The molecule has 2 N–H and O–H groups in total. The Hall–Kier alpha value is -1.40. The minimum Gasteiger partial charge on any atom is -0.382 e. The smallest absolute Gasteiger partial charge is 0.254 e. The van der Waals surface area contributed by atoms with Crippen LogP contribution in [0, 0.1) is 6.92 Å². The molecule has 1 amide bonds. The molecule has 1 heterocycles. The van der Waals surface area contributed by atoms with E-state index in [-0.39, 0.29) is 12.0 Å². The van der Waals surface area contributed by atoms with Gasteiger partial charge in [0.15, 0.2) is 0 Å². The van der Waals surface area contributed by atoms with Crippen molar-refractivity contribution in [3.8, 4) is 0 Å². The van der Waals surface area contributed by atoms with E-state index in [1.165, 1.54) is 6.20 Å². The zero-order chi connectivity index (χ0) is 12.0. The zero-order valence-electron chi connectivity index (χ0n) is 9.74. The molecule has 0 aliphatic rings. The first-order valence-corrected chi connectivity index (χ1v) is 4.99. The van der Waals surface area contributed by atoms with Crippen LogP contribution < -0.4 is 5.32 Å². The summed E-state index contributed by atoms with van der Waals surface area (Å²) in [6.07, 6.45) is 1.36. The number of aromatic amines is 1. The van der Waals surface area contributed by atoms with Crippen molar-refractivity contribution >= 4 is 5.91 Å². The lowest BCUT2D eigenvalue weighted by Gasteiger charge is -2.14. The van der Waals surface area contributed by atoms with Gasteiger partial charge in [-0.3, -0.25) is 9.89 Å². The van der Waals surface area contributed by atoms with Gasteiger partial charge >= 0.3 is 0 Å². The van der Waals surface area contributed by atoms with Crippen molar-refractivity contribution in [2.75, 3.05) is 27.4 Å². The zero-order valence-corrected chi connectivity index (χ0v) is 9.74. The molecule has 0 bridgehead atoms. The number of nitrogens with zero attached hydrogens (tertiary/aromatic N) is 1. The van der Waals surface area contributed by atoms with Gasteiger partial charge in [0.2, 0.25) is 0 Å². The number of methoxy groups -OCH3 is 2. The Morgan fingerprint density at radius 2 is 2.38 bits per heavy atom. The number of amides is 1. The van der Waals surface area contributed by atoms with Crippen LogP contribution in [-0.4, -0.2) is 49.6 Å². The van der Waals surface area contributed by atoms with Crippen molar-refractivity contribution in [1.82, 2.24) is 15.5 Å². The van der Waals surface area contributed by atoms with Crippen molar-refractivity contribution < 1.29 is 14.3 Å². The predicted molar refractivity (Wildman–Crippen MR) is 58.3 cm³/mol. The number of hydrogen-bond donors (Lipinski definition) is 2. The maximum absolute atomic E-state index is 11.7. The lowest BCUT2D eigenvalue weighted by molar-refractivity contribution is 0.0285. The van der Waals surface area contributed by atoms with Crippen molar-refractivity contribution in [2.24, 2.45) is 0 Å². The third-order valence-electron chi connectivity index (χ3n) is 2.25. The molecule has 0 saturated carbocycles. The van der Waals surface area contributed by atoms with Crippen molar-refractivity contribution in [3.63, 3.8) is 0 Å². The largest absolute Gasteiger partial charge is 0.382 e. The van der Waals surface area contributed by atoms with Crippen LogP contribution in [0.3, 0.4) is 0 Å². The van der Waals surface area contributed by atoms with E-state index in [0.717, 1.165) is 5.69 Å². The molecule has 0 aliphatic carbocycles. The molecule has 1 rings (SSSR count). The second kappa shape index (κ2) is 6.24. The molecule has 0 fully saturated rings. The third kappa shape index (κ3) is 3.32. The number of carbonyl (C=O) groups is 1. The number of aromatic nitrogens is 2. The summed E-state index contributed by atoms with van der Waals surface area (Å²) in [5.74, 6) is -0.163. The summed E-state index contributed by atoms with van der Waals surface area (Å²) in [6.45, 7) is 2.65. The summed E-state index contributed by atoms with van der Waals surface area (Å²) in [5.41, 5.74) is 1.30. The molecule has 1 atom stereocenters. The first kappa shape index (κ1) is 12.7. The molecule has 0 aliphatic heterocycles. The summed E-state index contributed by atoms with van der Waals surface area (Å²) in [6, 6.07) is 0. The highest BCUT2D eigenvalue weighted by Gasteiger charge is 2.13. The quantitative estimate of drug-likeness (QED) is 0.723. The molecule has 6 nitrogen and oxygen atoms in total. The second-order valence-electron chi connectivity index (χ2n) is 3.43. The van der Waals surface area contributed by atoms with Gasteiger partial charge in [0.25, 0.3) is 5.91 Å². The Morgan fingerprint density at radius 1 is 1.62 bits per heavy atom. The molecule has 1 unspecified atom stereocenters. The summed E-state index contributed by atoms with van der Waals surface area (Å²) in [5, 5.41) is 9.25. The van der Waals surface area contributed by atoms with E-state index in [0.29, 0.717) is 18.7 Å². The SMILES string of the molecule is COCC(CNC(=O)c1cn[nH]c1C)OC. The lowest BCUT2D eigenvalue weighted by Crippen LogP contribution is -2.35. The molecule has 90 valence electrons. The molecule has 1 aromatic rings. The van der Waals surface area contributed by atoms with Gasteiger partial charge in [-0.2, -0.15) is 5.10 Å². The minimum atomic E-state index is -0.163. The van der Waals surface area contributed by atoms with Gasteiger partial charge in [-0.05, 0) is 6.92 Å². The van der Waals surface area contributed by atoms with Crippen molar-refractivity contribution in [3.05, 3.63) is 17.5 Å². The lowest BCUT2D eigenvalue weighted by atomic mass is 10.2. The number of ether oxygens (including phenoxy) is 2. The van der Waals surface area contributed by atoms with Crippen LogP contribution in [0.25, 0.3) is 0 Å². The highest BCUT2D eigenvalue weighted by molar-refractivity contribution is 5.94. The van der Waals surface area contributed by atoms with Crippen LogP contribution >= 0.6 is 0 Å². The number of rotatable bonds is 6. The van der Waals surface area contributed by atoms with E-state index in [2.05, 4.69) is 15.5 Å². The summed E-state index contributed by atoms with van der Waals surface area (Å²) >= 11 is 0. The van der Waals surface area contributed by atoms with Gasteiger partial charge in [0.05, 0.1) is 24.5 Å². The Morgan fingerprint density at radius 3 is 2.88 bits per heavy atom. The Balaban J connectivity index is 2.43. The summed E-state index contributed by atoms with van der Waals surface area (Å²) < 4.78 is 10.1. The van der Waals surface area contributed by atoms with E-state index >= 15 is 0 Å². The first-order chi connectivity index (χ1) is 7.69. The van der Waals surface area contributed by atoms with Gasteiger partial charge in [-0.25, -0.2) is 0 Å². The van der Waals surface area contributed by atoms with Crippen LogP contribution in [0.2, 0.25) is 0 Å². The minimum absolute atomic E-state index is 0.138. The van der Waals surface area contributed by atoms with E-state index in [1.807, 2.05) is 0 Å². The number of nitrogens with one attached hydrogen (secondary N) is 2.